The fourth-order valence-corrected chi connectivity index (χ4v) is 2.34. The Bertz CT molecular complexity index is 480. The van der Waals surface area contributed by atoms with Crippen molar-refractivity contribution in [3.63, 3.8) is 0 Å². The summed E-state index contributed by atoms with van der Waals surface area (Å²) in [7, 11) is -3.99. The fourth-order valence-electron chi connectivity index (χ4n) is 1.03. The van der Waals surface area contributed by atoms with Gasteiger partial charge in [0.05, 0.1) is 18.5 Å². The van der Waals surface area contributed by atoms with Crippen LogP contribution in [0.15, 0.2) is 11.1 Å². The number of hydrogen-bond acceptors (Lipinski definition) is 5. The second-order valence-electron chi connectivity index (χ2n) is 3.05. The second kappa shape index (κ2) is 4.60. The molecule has 0 aliphatic rings. The molecule has 0 aliphatic heterocycles. The predicted octanol–water partition coefficient (Wildman–Crippen LogP) is -1.56. The average molecular weight is 249 g/mol. The molecule has 0 aliphatic carbocycles. The Morgan fingerprint density at radius 1 is 1.69 bits per heavy atom. The van der Waals surface area contributed by atoms with Gasteiger partial charge < -0.3 is 10.2 Å². The molecular weight excluding hydrogens is 238 g/mol. The zero-order chi connectivity index (χ0) is 12.3. The minimum absolute atomic E-state index is 0.146. The number of aryl methyl sites for hydroxylation is 1. The molecule has 4 N–H and O–H groups in total. The number of aromatic nitrogens is 2. The van der Waals surface area contributed by atoms with Crippen molar-refractivity contribution in [2.24, 2.45) is 0 Å². The molecule has 16 heavy (non-hydrogen) atoms. The summed E-state index contributed by atoms with van der Waals surface area (Å²) in [6.45, 7) is 0.655. The molecule has 0 radical (unpaired) electrons. The Labute approximate surface area is 91.3 Å². The molecule has 1 aromatic heterocycles. The van der Waals surface area contributed by atoms with Gasteiger partial charge in [-0.15, -0.1) is 0 Å². The number of carboxylic acids is 1. The Morgan fingerprint density at radius 3 is 2.69 bits per heavy atom. The maximum absolute atomic E-state index is 11.6. The highest BCUT2D eigenvalue weighted by molar-refractivity contribution is 7.89. The molecule has 9 heteroatoms. The summed E-state index contributed by atoms with van der Waals surface area (Å²) in [4.78, 5) is 10.4. The van der Waals surface area contributed by atoms with Crippen LogP contribution >= 0.6 is 0 Å². The van der Waals surface area contributed by atoms with Crippen LogP contribution in [0.1, 0.15) is 5.69 Å². The topological polar surface area (TPSA) is 132 Å². The van der Waals surface area contributed by atoms with Crippen LogP contribution in [0.4, 0.5) is 0 Å². The Balaban J connectivity index is 2.97. The molecule has 1 heterocycles. The van der Waals surface area contributed by atoms with Crippen LogP contribution in [-0.4, -0.2) is 47.4 Å². The van der Waals surface area contributed by atoms with Gasteiger partial charge in [-0.3, -0.25) is 9.89 Å². The lowest BCUT2D eigenvalue weighted by molar-refractivity contribution is -0.139. The highest BCUT2D eigenvalue weighted by Gasteiger charge is 2.26. The van der Waals surface area contributed by atoms with Crippen molar-refractivity contribution in [1.29, 1.82) is 0 Å². The molecule has 0 spiro atoms. The number of aliphatic carboxylic acids is 1. The monoisotopic (exact) mass is 249 g/mol. The van der Waals surface area contributed by atoms with Crippen molar-refractivity contribution in [3.05, 3.63) is 11.9 Å². The summed E-state index contributed by atoms with van der Waals surface area (Å²) >= 11 is 0. The summed E-state index contributed by atoms with van der Waals surface area (Å²) in [6, 6.07) is -1.57. The van der Waals surface area contributed by atoms with E-state index in [1.807, 2.05) is 4.72 Å². The van der Waals surface area contributed by atoms with Crippen molar-refractivity contribution in [3.8, 4) is 0 Å². The number of sulfonamides is 1. The summed E-state index contributed by atoms with van der Waals surface area (Å²) in [5, 5.41) is 23.2. The first-order valence-corrected chi connectivity index (χ1v) is 5.72. The van der Waals surface area contributed by atoms with Gasteiger partial charge in [-0.2, -0.15) is 9.82 Å². The van der Waals surface area contributed by atoms with Crippen LogP contribution in [0.2, 0.25) is 0 Å². The number of carbonyl (C=O) groups is 1. The summed E-state index contributed by atoms with van der Waals surface area (Å²) in [6.07, 6.45) is 1.06. The van der Waals surface area contributed by atoms with E-state index in [1.165, 1.54) is 6.92 Å². The number of H-pyrrole nitrogens is 1. The van der Waals surface area contributed by atoms with Crippen LogP contribution in [-0.2, 0) is 14.8 Å². The third-order valence-corrected chi connectivity index (χ3v) is 3.44. The van der Waals surface area contributed by atoms with Gasteiger partial charge in [0, 0.05) is 0 Å². The van der Waals surface area contributed by atoms with E-state index in [9.17, 15) is 13.2 Å². The number of hydrogen-bond donors (Lipinski definition) is 4. The first-order valence-electron chi connectivity index (χ1n) is 4.24. The molecule has 0 amide bonds. The number of aliphatic hydroxyl groups is 1. The third kappa shape index (κ3) is 2.56. The van der Waals surface area contributed by atoms with Crippen molar-refractivity contribution in [1.82, 2.24) is 14.9 Å². The minimum Gasteiger partial charge on any atom is -0.480 e. The van der Waals surface area contributed by atoms with Crippen LogP contribution in [0.25, 0.3) is 0 Å². The maximum atomic E-state index is 11.6. The lowest BCUT2D eigenvalue weighted by Crippen LogP contribution is -2.43. The average Bonchev–Trinajstić information content (AvgIpc) is 2.61. The van der Waals surface area contributed by atoms with E-state index in [-0.39, 0.29) is 10.6 Å². The van der Waals surface area contributed by atoms with Gasteiger partial charge in [-0.05, 0) is 6.92 Å². The van der Waals surface area contributed by atoms with E-state index in [0.29, 0.717) is 0 Å². The smallest absolute Gasteiger partial charge is 0.324 e. The zero-order valence-electron chi connectivity index (χ0n) is 8.34. The first kappa shape index (κ1) is 12.6. The van der Waals surface area contributed by atoms with Crippen molar-refractivity contribution < 1.29 is 23.4 Å². The number of nitrogens with one attached hydrogen (secondary N) is 2. The molecule has 0 saturated carbocycles. The molecule has 1 aromatic rings. The van der Waals surface area contributed by atoms with E-state index in [0.717, 1.165) is 6.20 Å². The van der Waals surface area contributed by atoms with E-state index in [2.05, 4.69) is 10.2 Å². The minimum atomic E-state index is -3.99. The number of aromatic amines is 1. The summed E-state index contributed by atoms with van der Waals surface area (Å²) in [5.41, 5.74) is 0.287. The van der Waals surface area contributed by atoms with Gasteiger partial charge in [0.25, 0.3) is 0 Å². The van der Waals surface area contributed by atoms with Gasteiger partial charge >= 0.3 is 5.97 Å². The third-order valence-electron chi connectivity index (χ3n) is 1.85. The van der Waals surface area contributed by atoms with Gasteiger partial charge in [-0.25, -0.2) is 8.42 Å². The van der Waals surface area contributed by atoms with E-state index in [4.69, 9.17) is 10.2 Å². The summed E-state index contributed by atoms with van der Waals surface area (Å²) in [5.74, 6) is -1.45. The van der Waals surface area contributed by atoms with Gasteiger partial charge in [-0.1, -0.05) is 0 Å². The van der Waals surface area contributed by atoms with Crippen LogP contribution < -0.4 is 4.72 Å². The maximum Gasteiger partial charge on any atom is 0.324 e. The lowest BCUT2D eigenvalue weighted by Gasteiger charge is -2.11. The van der Waals surface area contributed by atoms with E-state index >= 15 is 0 Å². The Morgan fingerprint density at radius 2 is 2.31 bits per heavy atom. The molecule has 0 aromatic carbocycles. The summed E-state index contributed by atoms with van der Waals surface area (Å²) < 4.78 is 25.1. The zero-order valence-corrected chi connectivity index (χ0v) is 9.15. The molecular formula is C7H11N3O5S. The number of carboxylic acid groups (broad SMARTS) is 1. The highest BCUT2D eigenvalue weighted by Crippen LogP contribution is 2.11. The Kier molecular flexibility index (Phi) is 3.62. The number of rotatable bonds is 5. The molecule has 0 bridgehead atoms. The number of nitrogens with zero attached hydrogens (tertiary/aromatic N) is 1. The van der Waals surface area contributed by atoms with Gasteiger partial charge in [0.1, 0.15) is 10.9 Å². The fraction of sp³-hybridized carbons (Fsp3) is 0.429. The van der Waals surface area contributed by atoms with Crippen molar-refractivity contribution >= 4 is 16.0 Å². The SMILES string of the molecule is Cc1[nH]ncc1S(=O)(=O)N[C@H](CO)C(=O)O. The van der Waals surface area contributed by atoms with Crippen molar-refractivity contribution in [2.45, 2.75) is 17.9 Å². The second-order valence-corrected chi connectivity index (χ2v) is 4.74. The largest absolute Gasteiger partial charge is 0.480 e. The standard InChI is InChI=1S/C7H11N3O5S/c1-4-6(2-8-9-4)16(14,15)10-5(3-11)7(12)13/h2,5,10-11H,3H2,1H3,(H,8,9)(H,12,13)/t5-/m1/s1. The van der Waals surface area contributed by atoms with Crippen LogP contribution in [0.5, 0.6) is 0 Å². The van der Waals surface area contributed by atoms with E-state index in [1.54, 1.807) is 0 Å². The highest BCUT2D eigenvalue weighted by atomic mass is 32.2. The predicted molar refractivity (Wildman–Crippen MR) is 52.2 cm³/mol. The van der Waals surface area contributed by atoms with Gasteiger partial charge in [0.15, 0.2) is 0 Å². The first-order chi connectivity index (χ1) is 7.38. The molecule has 90 valence electrons. The molecule has 1 atom stereocenters. The van der Waals surface area contributed by atoms with Crippen LogP contribution in [0, 0.1) is 6.92 Å². The van der Waals surface area contributed by atoms with E-state index < -0.39 is 28.6 Å². The lowest BCUT2D eigenvalue weighted by atomic mass is 10.3. The van der Waals surface area contributed by atoms with Crippen LogP contribution in [0.3, 0.4) is 0 Å². The van der Waals surface area contributed by atoms with Gasteiger partial charge in [0.2, 0.25) is 10.0 Å². The molecule has 1 rings (SSSR count). The Hall–Kier alpha value is -1.45. The molecule has 0 fully saturated rings. The molecule has 8 nitrogen and oxygen atoms in total. The molecule has 0 unspecified atom stereocenters. The van der Waals surface area contributed by atoms with Crippen molar-refractivity contribution in [2.75, 3.05) is 6.61 Å². The number of aliphatic hydroxyl groups excluding tert-OH is 1. The normalized spacial score (nSPS) is 13.6. The quantitative estimate of drug-likeness (QED) is 0.499. The molecule has 0 saturated heterocycles.